The molecule has 1 aromatic rings. The summed E-state index contributed by atoms with van der Waals surface area (Å²) in [6, 6.07) is 6.75. The minimum atomic E-state index is 0.190. The molecule has 2 aliphatic rings. The number of rotatable bonds is 2. The SMILES string of the molecule is CC1CCN(C2(CN)CCc3cc(Br)ccc3C2)CC1C. The fourth-order valence-corrected chi connectivity index (χ4v) is 4.49. The van der Waals surface area contributed by atoms with Crippen molar-refractivity contribution < 1.29 is 0 Å². The van der Waals surface area contributed by atoms with E-state index in [1.54, 1.807) is 0 Å². The van der Waals surface area contributed by atoms with Gasteiger partial charge in [-0.2, -0.15) is 0 Å². The van der Waals surface area contributed by atoms with Crippen LogP contribution in [0.15, 0.2) is 22.7 Å². The summed E-state index contributed by atoms with van der Waals surface area (Å²) in [5, 5.41) is 0. The Morgan fingerprint density at radius 2 is 2.10 bits per heavy atom. The van der Waals surface area contributed by atoms with Crippen LogP contribution in [0.2, 0.25) is 0 Å². The Bertz CT molecular complexity index is 516. The molecule has 0 bridgehead atoms. The van der Waals surface area contributed by atoms with E-state index in [0.717, 1.165) is 31.2 Å². The van der Waals surface area contributed by atoms with Gasteiger partial charge in [-0.15, -0.1) is 0 Å². The molecule has 0 saturated carbocycles. The summed E-state index contributed by atoms with van der Waals surface area (Å²) >= 11 is 3.59. The van der Waals surface area contributed by atoms with Crippen molar-refractivity contribution in [1.29, 1.82) is 0 Å². The number of hydrogen-bond acceptors (Lipinski definition) is 2. The summed E-state index contributed by atoms with van der Waals surface area (Å²) in [7, 11) is 0. The van der Waals surface area contributed by atoms with Gasteiger partial charge in [-0.1, -0.05) is 35.8 Å². The van der Waals surface area contributed by atoms with Crippen LogP contribution in [0.3, 0.4) is 0 Å². The summed E-state index contributed by atoms with van der Waals surface area (Å²) in [6.07, 6.45) is 4.80. The molecule has 3 rings (SSSR count). The molecule has 0 amide bonds. The van der Waals surface area contributed by atoms with Gasteiger partial charge in [0.05, 0.1) is 0 Å². The Labute approximate surface area is 137 Å². The highest BCUT2D eigenvalue weighted by Gasteiger charge is 2.41. The molecule has 2 nitrogen and oxygen atoms in total. The Kier molecular flexibility index (Phi) is 4.45. The van der Waals surface area contributed by atoms with Crippen LogP contribution in [-0.4, -0.2) is 30.1 Å². The van der Waals surface area contributed by atoms with Gasteiger partial charge in [-0.05, 0) is 67.3 Å². The van der Waals surface area contributed by atoms with Crippen LogP contribution < -0.4 is 5.73 Å². The lowest BCUT2D eigenvalue weighted by atomic mass is 9.74. The molecule has 3 atom stereocenters. The Morgan fingerprint density at radius 3 is 2.81 bits per heavy atom. The number of hydrogen-bond donors (Lipinski definition) is 1. The molecule has 0 spiro atoms. The van der Waals surface area contributed by atoms with Crippen LogP contribution in [0.5, 0.6) is 0 Å². The van der Waals surface area contributed by atoms with Crippen LogP contribution in [-0.2, 0) is 12.8 Å². The second-order valence-electron chi connectivity index (χ2n) is 7.21. The van der Waals surface area contributed by atoms with E-state index in [1.807, 2.05) is 0 Å². The van der Waals surface area contributed by atoms with Gasteiger partial charge in [0.1, 0.15) is 0 Å². The molecule has 0 radical (unpaired) electrons. The molecule has 1 fully saturated rings. The number of nitrogens with two attached hydrogens (primary N) is 1. The van der Waals surface area contributed by atoms with Gasteiger partial charge in [0.15, 0.2) is 0 Å². The average molecular weight is 351 g/mol. The fraction of sp³-hybridized carbons (Fsp3) is 0.667. The number of aryl methyl sites for hydroxylation is 1. The molecule has 0 aromatic heterocycles. The van der Waals surface area contributed by atoms with E-state index in [0.29, 0.717) is 0 Å². The zero-order chi connectivity index (χ0) is 15.0. The van der Waals surface area contributed by atoms with E-state index in [-0.39, 0.29) is 5.54 Å². The van der Waals surface area contributed by atoms with E-state index in [1.165, 1.54) is 41.5 Å². The standard InChI is InChI=1S/C18H27BrN2/c1-13-6-8-21(11-14(13)2)18(12-20)7-5-15-9-17(19)4-3-16(15)10-18/h3-4,9,13-14H,5-8,10-12,20H2,1-2H3. The van der Waals surface area contributed by atoms with E-state index in [2.05, 4.69) is 52.9 Å². The van der Waals surface area contributed by atoms with Crippen molar-refractivity contribution in [3.63, 3.8) is 0 Å². The molecule has 1 aliphatic carbocycles. The largest absolute Gasteiger partial charge is 0.329 e. The smallest absolute Gasteiger partial charge is 0.0375 e. The highest BCUT2D eigenvalue weighted by Crippen LogP contribution is 2.37. The molecule has 3 heteroatoms. The monoisotopic (exact) mass is 350 g/mol. The maximum Gasteiger partial charge on any atom is 0.0375 e. The molecule has 1 heterocycles. The second-order valence-corrected chi connectivity index (χ2v) is 8.12. The van der Waals surface area contributed by atoms with Gasteiger partial charge in [0.25, 0.3) is 0 Å². The van der Waals surface area contributed by atoms with Gasteiger partial charge >= 0.3 is 0 Å². The first kappa shape index (κ1) is 15.5. The molecular weight excluding hydrogens is 324 g/mol. The molecule has 2 N–H and O–H groups in total. The molecule has 3 unspecified atom stereocenters. The maximum atomic E-state index is 6.29. The predicted octanol–water partition coefficient (Wildman–Crippen LogP) is 3.61. The van der Waals surface area contributed by atoms with Crippen LogP contribution in [0.1, 0.15) is 37.8 Å². The third-order valence-corrected chi connectivity index (χ3v) is 6.43. The second kappa shape index (κ2) is 6.02. The number of fused-ring (bicyclic) bond motifs is 1. The lowest BCUT2D eigenvalue weighted by molar-refractivity contribution is 0.0216. The Hall–Kier alpha value is -0.380. The number of nitrogens with zero attached hydrogens (tertiary/aromatic N) is 1. The van der Waals surface area contributed by atoms with Gasteiger partial charge < -0.3 is 5.73 Å². The van der Waals surface area contributed by atoms with Crippen molar-refractivity contribution in [1.82, 2.24) is 4.90 Å². The predicted molar refractivity (Wildman–Crippen MR) is 92.5 cm³/mol. The number of halogens is 1. The number of likely N-dealkylation sites (tertiary alicyclic amines) is 1. The fourth-order valence-electron chi connectivity index (χ4n) is 4.08. The van der Waals surface area contributed by atoms with Crippen molar-refractivity contribution in [2.24, 2.45) is 17.6 Å². The van der Waals surface area contributed by atoms with E-state index in [4.69, 9.17) is 5.73 Å². The molecule has 1 saturated heterocycles. The van der Waals surface area contributed by atoms with Gasteiger partial charge in [-0.3, -0.25) is 4.90 Å². The summed E-state index contributed by atoms with van der Waals surface area (Å²) in [5.41, 5.74) is 9.48. The lowest BCUT2D eigenvalue weighted by Gasteiger charge is -2.50. The summed E-state index contributed by atoms with van der Waals surface area (Å²) in [5.74, 6) is 1.64. The van der Waals surface area contributed by atoms with Gasteiger partial charge in [0, 0.05) is 23.1 Å². The van der Waals surface area contributed by atoms with Crippen molar-refractivity contribution in [3.05, 3.63) is 33.8 Å². The molecule has 1 aromatic carbocycles. The first-order valence-electron chi connectivity index (χ1n) is 8.26. The first-order chi connectivity index (χ1) is 10.0. The van der Waals surface area contributed by atoms with Crippen molar-refractivity contribution in [2.75, 3.05) is 19.6 Å². The molecule has 21 heavy (non-hydrogen) atoms. The summed E-state index contributed by atoms with van der Waals surface area (Å²) in [6.45, 7) is 8.00. The lowest BCUT2D eigenvalue weighted by Crippen LogP contribution is -2.60. The zero-order valence-corrected chi connectivity index (χ0v) is 14.8. The van der Waals surface area contributed by atoms with Crippen LogP contribution >= 0.6 is 15.9 Å². The van der Waals surface area contributed by atoms with Crippen LogP contribution in [0.25, 0.3) is 0 Å². The summed E-state index contributed by atoms with van der Waals surface area (Å²) in [4.78, 5) is 2.71. The van der Waals surface area contributed by atoms with Gasteiger partial charge in [-0.25, -0.2) is 0 Å². The minimum absolute atomic E-state index is 0.190. The third kappa shape index (κ3) is 2.93. The Morgan fingerprint density at radius 1 is 1.29 bits per heavy atom. The van der Waals surface area contributed by atoms with E-state index in [9.17, 15) is 0 Å². The topological polar surface area (TPSA) is 29.3 Å². The highest BCUT2D eigenvalue weighted by molar-refractivity contribution is 9.10. The molecular formula is C18H27BrN2. The average Bonchev–Trinajstić information content (AvgIpc) is 2.49. The Balaban J connectivity index is 1.84. The first-order valence-corrected chi connectivity index (χ1v) is 9.06. The molecule has 116 valence electrons. The van der Waals surface area contributed by atoms with Crippen molar-refractivity contribution in [2.45, 2.75) is 45.1 Å². The number of benzene rings is 1. The van der Waals surface area contributed by atoms with Gasteiger partial charge in [0.2, 0.25) is 0 Å². The van der Waals surface area contributed by atoms with Crippen molar-refractivity contribution in [3.8, 4) is 0 Å². The summed E-state index contributed by atoms with van der Waals surface area (Å²) < 4.78 is 1.20. The highest BCUT2D eigenvalue weighted by atomic mass is 79.9. The van der Waals surface area contributed by atoms with Crippen LogP contribution in [0.4, 0.5) is 0 Å². The maximum absolute atomic E-state index is 6.29. The van der Waals surface area contributed by atoms with E-state index < -0.39 is 0 Å². The number of piperidine rings is 1. The molecule has 1 aliphatic heterocycles. The zero-order valence-electron chi connectivity index (χ0n) is 13.2. The van der Waals surface area contributed by atoms with Crippen molar-refractivity contribution >= 4 is 15.9 Å². The normalized spacial score (nSPS) is 33.7. The third-order valence-electron chi connectivity index (χ3n) is 5.93. The van der Waals surface area contributed by atoms with Crippen LogP contribution in [0, 0.1) is 11.8 Å². The quantitative estimate of drug-likeness (QED) is 0.882. The van der Waals surface area contributed by atoms with E-state index >= 15 is 0 Å². The minimum Gasteiger partial charge on any atom is -0.329 e.